The molecule has 0 heterocycles. The third-order valence-electron chi connectivity index (χ3n) is 6.07. The van der Waals surface area contributed by atoms with E-state index in [1.54, 1.807) is 0 Å². The van der Waals surface area contributed by atoms with Crippen molar-refractivity contribution < 1.29 is 0 Å². The van der Waals surface area contributed by atoms with E-state index in [9.17, 15) is 0 Å². The lowest BCUT2D eigenvalue weighted by atomic mass is 9.70. The molecule has 0 radical (unpaired) electrons. The van der Waals surface area contributed by atoms with Gasteiger partial charge in [-0.2, -0.15) is 0 Å². The number of nitrogens with one attached hydrogen (secondary N) is 1. The van der Waals surface area contributed by atoms with Gasteiger partial charge in [-0.05, 0) is 65.1 Å². The lowest BCUT2D eigenvalue weighted by Crippen LogP contribution is -2.60. The molecule has 19 heavy (non-hydrogen) atoms. The molecule has 2 aliphatic carbocycles. The summed E-state index contributed by atoms with van der Waals surface area (Å²) < 4.78 is 0. The van der Waals surface area contributed by atoms with Gasteiger partial charge >= 0.3 is 0 Å². The zero-order valence-corrected chi connectivity index (χ0v) is 13.5. The van der Waals surface area contributed by atoms with Crippen molar-refractivity contribution in [2.75, 3.05) is 21.1 Å². The molecule has 0 aromatic carbocycles. The summed E-state index contributed by atoms with van der Waals surface area (Å²) in [7, 11) is 6.78. The highest BCUT2D eigenvalue weighted by Crippen LogP contribution is 2.41. The number of rotatable bonds is 5. The van der Waals surface area contributed by atoms with Gasteiger partial charge in [-0.1, -0.05) is 32.6 Å². The zero-order chi connectivity index (χ0) is 13.9. The SMILES string of the molecule is CNC(CC1CCCC1)C1(N(C)C)CCC(C)CC1. The van der Waals surface area contributed by atoms with Crippen LogP contribution in [0.1, 0.15) is 64.7 Å². The lowest BCUT2D eigenvalue weighted by Gasteiger charge is -2.50. The normalized spacial score (nSPS) is 34.9. The highest BCUT2D eigenvalue weighted by molar-refractivity contribution is 5.01. The maximum absolute atomic E-state index is 3.69. The largest absolute Gasteiger partial charge is 0.315 e. The molecule has 2 rings (SSSR count). The van der Waals surface area contributed by atoms with Crippen molar-refractivity contribution in [1.29, 1.82) is 0 Å². The van der Waals surface area contributed by atoms with Gasteiger partial charge in [0, 0.05) is 11.6 Å². The van der Waals surface area contributed by atoms with Gasteiger partial charge in [0.1, 0.15) is 0 Å². The van der Waals surface area contributed by atoms with Crippen molar-refractivity contribution in [1.82, 2.24) is 10.2 Å². The summed E-state index contributed by atoms with van der Waals surface area (Å²) >= 11 is 0. The molecule has 2 nitrogen and oxygen atoms in total. The molecule has 0 bridgehead atoms. The first-order valence-electron chi connectivity index (χ1n) is 8.43. The Morgan fingerprint density at radius 3 is 2.16 bits per heavy atom. The second kappa shape index (κ2) is 6.58. The van der Waals surface area contributed by atoms with Crippen LogP contribution in [0.15, 0.2) is 0 Å². The molecule has 0 spiro atoms. The summed E-state index contributed by atoms with van der Waals surface area (Å²) in [5.74, 6) is 1.91. The maximum atomic E-state index is 3.69. The Kier molecular flexibility index (Phi) is 5.30. The van der Waals surface area contributed by atoms with Crippen molar-refractivity contribution >= 4 is 0 Å². The molecule has 0 aliphatic heterocycles. The van der Waals surface area contributed by atoms with Gasteiger partial charge < -0.3 is 10.2 Å². The average Bonchev–Trinajstić information content (AvgIpc) is 2.90. The van der Waals surface area contributed by atoms with Crippen LogP contribution in [0.5, 0.6) is 0 Å². The second-order valence-electron chi connectivity index (χ2n) is 7.41. The third kappa shape index (κ3) is 3.33. The Hall–Kier alpha value is -0.0800. The fourth-order valence-corrected chi connectivity index (χ4v) is 4.55. The zero-order valence-electron chi connectivity index (χ0n) is 13.5. The predicted octanol–water partition coefficient (Wildman–Crippen LogP) is 3.67. The van der Waals surface area contributed by atoms with Crippen LogP contribution in [0.3, 0.4) is 0 Å². The van der Waals surface area contributed by atoms with E-state index in [0.717, 1.165) is 11.8 Å². The van der Waals surface area contributed by atoms with Gasteiger partial charge in [-0.25, -0.2) is 0 Å². The molecule has 1 unspecified atom stereocenters. The molecular weight excluding hydrogens is 232 g/mol. The van der Waals surface area contributed by atoms with E-state index >= 15 is 0 Å². The molecule has 2 fully saturated rings. The Labute approximate surface area is 120 Å². The van der Waals surface area contributed by atoms with Crippen molar-refractivity contribution in [3.05, 3.63) is 0 Å². The van der Waals surface area contributed by atoms with E-state index < -0.39 is 0 Å². The summed E-state index contributed by atoms with van der Waals surface area (Å²) in [6, 6.07) is 0.679. The van der Waals surface area contributed by atoms with Gasteiger partial charge in [-0.3, -0.25) is 0 Å². The van der Waals surface area contributed by atoms with Gasteiger partial charge in [-0.15, -0.1) is 0 Å². The van der Waals surface area contributed by atoms with Gasteiger partial charge in [0.25, 0.3) is 0 Å². The summed E-state index contributed by atoms with van der Waals surface area (Å²) in [5, 5.41) is 3.69. The molecule has 0 saturated heterocycles. The summed E-state index contributed by atoms with van der Waals surface area (Å²) in [5.41, 5.74) is 0.407. The minimum atomic E-state index is 0.407. The van der Waals surface area contributed by atoms with Crippen LogP contribution in [-0.2, 0) is 0 Å². The van der Waals surface area contributed by atoms with Crippen LogP contribution in [0.25, 0.3) is 0 Å². The van der Waals surface area contributed by atoms with Crippen molar-refractivity contribution in [2.24, 2.45) is 11.8 Å². The van der Waals surface area contributed by atoms with Crippen LogP contribution in [0.4, 0.5) is 0 Å². The molecule has 2 saturated carbocycles. The molecule has 0 aromatic heterocycles. The highest BCUT2D eigenvalue weighted by atomic mass is 15.2. The van der Waals surface area contributed by atoms with Crippen LogP contribution in [0, 0.1) is 11.8 Å². The van der Waals surface area contributed by atoms with E-state index in [-0.39, 0.29) is 0 Å². The Morgan fingerprint density at radius 1 is 1.11 bits per heavy atom. The van der Waals surface area contributed by atoms with Crippen molar-refractivity contribution in [2.45, 2.75) is 76.3 Å². The first-order valence-corrected chi connectivity index (χ1v) is 8.43. The minimum Gasteiger partial charge on any atom is -0.315 e. The van der Waals surface area contributed by atoms with Gasteiger partial charge in [0.2, 0.25) is 0 Å². The van der Waals surface area contributed by atoms with Crippen molar-refractivity contribution in [3.63, 3.8) is 0 Å². The van der Waals surface area contributed by atoms with E-state index in [1.807, 2.05) is 0 Å². The fraction of sp³-hybridized carbons (Fsp3) is 1.00. The number of hydrogen-bond donors (Lipinski definition) is 1. The van der Waals surface area contributed by atoms with Gasteiger partial charge in [0.15, 0.2) is 0 Å². The third-order valence-corrected chi connectivity index (χ3v) is 6.07. The van der Waals surface area contributed by atoms with E-state index in [1.165, 1.54) is 57.8 Å². The van der Waals surface area contributed by atoms with Crippen LogP contribution < -0.4 is 5.32 Å². The number of hydrogen-bond acceptors (Lipinski definition) is 2. The number of nitrogens with zero attached hydrogens (tertiary/aromatic N) is 1. The average molecular weight is 266 g/mol. The molecule has 1 atom stereocenters. The quantitative estimate of drug-likeness (QED) is 0.817. The van der Waals surface area contributed by atoms with Crippen LogP contribution >= 0.6 is 0 Å². The fourth-order valence-electron chi connectivity index (χ4n) is 4.55. The monoisotopic (exact) mass is 266 g/mol. The van der Waals surface area contributed by atoms with Crippen molar-refractivity contribution in [3.8, 4) is 0 Å². The first-order chi connectivity index (χ1) is 9.08. The Balaban J connectivity index is 2.06. The van der Waals surface area contributed by atoms with Gasteiger partial charge in [0.05, 0.1) is 0 Å². The maximum Gasteiger partial charge on any atom is 0.0356 e. The summed E-state index contributed by atoms with van der Waals surface area (Å²) in [6.07, 6.45) is 12.8. The Morgan fingerprint density at radius 2 is 1.68 bits per heavy atom. The summed E-state index contributed by atoms with van der Waals surface area (Å²) in [4.78, 5) is 2.54. The smallest absolute Gasteiger partial charge is 0.0356 e. The first kappa shape index (κ1) is 15.3. The lowest BCUT2D eigenvalue weighted by molar-refractivity contribution is 0.0374. The van der Waals surface area contributed by atoms with E-state index in [4.69, 9.17) is 0 Å². The molecular formula is C17H34N2. The van der Waals surface area contributed by atoms with E-state index in [2.05, 4.69) is 38.3 Å². The van der Waals surface area contributed by atoms with E-state index in [0.29, 0.717) is 11.6 Å². The minimum absolute atomic E-state index is 0.407. The standard InChI is InChI=1S/C17H34N2/c1-14-9-11-17(12-10-14,19(3)4)16(18-2)13-15-7-5-6-8-15/h14-16,18H,5-13H2,1-4H3. The Bertz CT molecular complexity index is 260. The van der Waals surface area contributed by atoms with Crippen LogP contribution in [0.2, 0.25) is 0 Å². The number of likely N-dealkylation sites (N-methyl/N-ethyl adjacent to an activating group) is 2. The molecule has 0 amide bonds. The molecule has 1 N–H and O–H groups in total. The predicted molar refractivity (Wildman–Crippen MR) is 83.5 cm³/mol. The molecule has 2 heteroatoms. The van der Waals surface area contributed by atoms with Crippen LogP contribution in [-0.4, -0.2) is 37.6 Å². The molecule has 0 aromatic rings. The second-order valence-corrected chi connectivity index (χ2v) is 7.41. The topological polar surface area (TPSA) is 15.3 Å². The highest BCUT2D eigenvalue weighted by Gasteiger charge is 2.43. The summed E-state index contributed by atoms with van der Waals surface area (Å²) in [6.45, 7) is 2.42. The molecule has 112 valence electrons. The molecule has 2 aliphatic rings.